The Morgan fingerprint density at radius 2 is 1.44 bits per heavy atom. The number of hydrogen-bond acceptors (Lipinski definition) is 2. The molecule has 1 aromatic heterocycles. The number of ketones is 1. The van der Waals surface area contributed by atoms with Gasteiger partial charge in [0.2, 0.25) is 5.78 Å². The standard InChI is InChI=1S/C24H19NO2/c1-27-20-14-8-13-19(15-20)22-16-21(17-9-4-2-5-10-17)23(25-22)24(26)18-11-6-3-7-12-18/h2-16,25H,1H3. The summed E-state index contributed by atoms with van der Waals surface area (Å²) in [7, 11) is 1.65. The van der Waals surface area contributed by atoms with Crippen LogP contribution in [0.15, 0.2) is 91.0 Å². The summed E-state index contributed by atoms with van der Waals surface area (Å²) >= 11 is 0. The molecule has 0 saturated heterocycles. The van der Waals surface area contributed by atoms with Gasteiger partial charge in [-0.05, 0) is 23.8 Å². The van der Waals surface area contributed by atoms with Crippen molar-refractivity contribution in [3.63, 3.8) is 0 Å². The van der Waals surface area contributed by atoms with Crippen LogP contribution < -0.4 is 4.74 Å². The highest BCUT2D eigenvalue weighted by atomic mass is 16.5. The Hall–Kier alpha value is -3.59. The highest BCUT2D eigenvalue weighted by Crippen LogP contribution is 2.32. The second-order valence-corrected chi connectivity index (χ2v) is 6.26. The first-order valence-electron chi connectivity index (χ1n) is 8.79. The largest absolute Gasteiger partial charge is 0.497 e. The van der Waals surface area contributed by atoms with E-state index in [0.717, 1.165) is 28.1 Å². The molecule has 0 spiro atoms. The molecule has 27 heavy (non-hydrogen) atoms. The van der Waals surface area contributed by atoms with Gasteiger partial charge in [0.05, 0.1) is 12.8 Å². The van der Waals surface area contributed by atoms with E-state index in [4.69, 9.17) is 4.74 Å². The number of rotatable bonds is 5. The van der Waals surface area contributed by atoms with Gasteiger partial charge in [0.25, 0.3) is 0 Å². The van der Waals surface area contributed by atoms with Crippen molar-refractivity contribution in [2.24, 2.45) is 0 Å². The lowest BCUT2D eigenvalue weighted by Gasteiger charge is -2.04. The van der Waals surface area contributed by atoms with E-state index in [9.17, 15) is 4.79 Å². The van der Waals surface area contributed by atoms with Crippen molar-refractivity contribution < 1.29 is 9.53 Å². The quantitative estimate of drug-likeness (QED) is 0.475. The number of benzene rings is 3. The molecule has 4 rings (SSSR count). The van der Waals surface area contributed by atoms with Crippen molar-refractivity contribution in [2.45, 2.75) is 0 Å². The lowest BCUT2D eigenvalue weighted by molar-refractivity contribution is 0.103. The van der Waals surface area contributed by atoms with Gasteiger partial charge in [-0.3, -0.25) is 4.79 Å². The molecule has 0 bridgehead atoms. The number of H-pyrrole nitrogens is 1. The zero-order valence-electron chi connectivity index (χ0n) is 15.0. The van der Waals surface area contributed by atoms with Gasteiger partial charge in [-0.1, -0.05) is 72.8 Å². The fourth-order valence-electron chi connectivity index (χ4n) is 3.16. The Labute approximate surface area is 158 Å². The van der Waals surface area contributed by atoms with Crippen LogP contribution in [-0.4, -0.2) is 17.9 Å². The van der Waals surface area contributed by atoms with Gasteiger partial charge in [0.1, 0.15) is 5.75 Å². The van der Waals surface area contributed by atoms with E-state index in [1.807, 2.05) is 91.0 Å². The normalized spacial score (nSPS) is 10.6. The number of carbonyl (C=O) groups excluding carboxylic acids is 1. The highest BCUT2D eigenvalue weighted by Gasteiger charge is 2.19. The molecule has 0 aliphatic rings. The summed E-state index contributed by atoms with van der Waals surface area (Å²) in [6.45, 7) is 0. The molecule has 3 aromatic carbocycles. The van der Waals surface area contributed by atoms with Crippen LogP contribution in [0.5, 0.6) is 5.75 Å². The predicted octanol–water partition coefficient (Wildman–Crippen LogP) is 5.59. The third-order valence-electron chi connectivity index (χ3n) is 4.55. The van der Waals surface area contributed by atoms with Gasteiger partial charge in [0.15, 0.2) is 0 Å². The maximum absolute atomic E-state index is 13.2. The van der Waals surface area contributed by atoms with Gasteiger partial charge in [-0.25, -0.2) is 0 Å². The third kappa shape index (κ3) is 3.40. The molecule has 0 radical (unpaired) electrons. The van der Waals surface area contributed by atoms with Crippen molar-refractivity contribution in [3.05, 3.63) is 102 Å². The van der Waals surface area contributed by atoms with Crippen LogP contribution >= 0.6 is 0 Å². The first-order chi connectivity index (χ1) is 13.3. The zero-order chi connectivity index (χ0) is 18.6. The number of aromatic nitrogens is 1. The molecular formula is C24H19NO2. The number of ether oxygens (including phenoxy) is 1. The van der Waals surface area contributed by atoms with E-state index >= 15 is 0 Å². The van der Waals surface area contributed by atoms with Crippen molar-refractivity contribution >= 4 is 5.78 Å². The molecule has 1 N–H and O–H groups in total. The second kappa shape index (κ2) is 7.34. The predicted molar refractivity (Wildman–Crippen MR) is 108 cm³/mol. The van der Waals surface area contributed by atoms with Crippen LogP contribution in [-0.2, 0) is 0 Å². The molecule has 4 aromatic rings. The Balaban J connectivity index is 1.86. The van der Waals surface area contributed by atoms with Gasteiger partial charge in [-0.2, -0.15) is 0 Å². The summed E-state index contributed by atoms with van der Waals surface area (Å²) in [6, 6.07) is 29.1. The highest BCUT2D eigenvalue weighted by molar-refractivity contribution is 6.12. The van der Waals surface area contributed by atoms with E-state index in [1.165, 1.54) is 0 Å². The average Bonchev–Trinajstić information content (AvgIpc) is 3.20. The SMILES string of the molecule is COc1cccc(-c2cc(-c3ccccc3)c(C(=O)c3ccccc3)[nH]2)c1. The van der Waals surface area contributed by atoms with Crippen LogP contribution in [0.2, 0.25) is 0 Å². The minimum atomic E-state index is -0.0244. The smallest absolute Gasteiger partial charge is 0.209 e. The van der Waals surface area contributed by atoms with Crippen molar-refractivity contribution in [2.75, 3.05) is 7.11 Å². The average molecular weight is 353 g/mol. The zero-order valence-corrected chi connectivity index (χ0v) is 15.0. The molecule has 132 valence electrons. The Bertz CT molecular complexity index is 1070. The molecule has 3 nitrogen and oxygen atoms in total. The maximum Gasteiger partial charge on any atom is 0.209 e. The molecule has 0 fully saturated rings. The summed E-state index contributed by atoms with van der Waals surface area (Å²) < 4.78 is 5.33. The minimum absolute atomic E-state index is 0.0244. The van der Waals surface area contributed by atoms with Crippen molar-refractivity contribution in [1.82, 2.24) is 4.98 Å². The summed E-state index contributed by atoms with van der Waals surface area (Å²) in [5, 5.41) is 0. The summed E-state index contributed by atoms with van der Waals surface area (Å²) in [5.74, 6) is 0.753. The Morgan fingerprint density at radius 3 is 2.15 bits per heavy atom. The van der Waals surface area contributed by atoms with Gasteiger partial charge in [0, 0.05) is 22.4 Å². The molecule has 1 heterocycles. The van der Waals surface area contributed by atoms with Gasteiger partial charge < -0.3 is 9.72 Å². The Morgan fingerprint density at radius 1 is 0.778 bits per heavy atom. The van der Waals surface area contributed by atoms with Crippen LogP contribution in [0, 0.1) is 0 Å². The molecule has 0 unspecified atom stereocenters. The van der Waals surface area contributed by atoms with Crippen LogP contribution in [0.1, 0.15) is 16.1 Å². The summed E-state index contributed by atoms with van der Waals surface area (Å²) in [4.78, 5) is 16.5. The van der Waals surface area contributed by atoms with Crippen LogP contribution in [0.25, 0.3) is 22.4 Å². The van der Waals surface area contributed by atoms with E-state index in [1.54, 1.807) is 7.11 Å². The number of aromatic amines is 1. The molecule has 0 atom stereocenters. The van der Waals surface area contributed by atoms with Gasteiger partial charge >= 0.3 is 0 Å². The van der Waals surface area contributed by atoms with E-state index in [0.29, 0.717) is 11.3 Å². The number of carbonyl (C=O) groups is 1. The van der Waals surface area contributed by atoms with Gasteiger partial charge in [-0.15, -0.1) is 0 Å². The number of hydrogen-bond donors (Lipinski definition) is 1. The monoisotopic (exact) mass is 353 g/mol. The minimum Gasteiger partial charge on any atom is -0.497 e. The molecule has 3 heteroatoms. The van der Waals surface area contributed by atoms with Crippen LogP contribution in [0.4, 0.5) is 0 Å². The topological polar surface area (TPSA) is 42.1 Å². The summed E-state index contributed by atoms with van der Waals surface area (Å²) in [5.41, 5.74) is 4.99. The lowest BCUT2D eigenvalue weighted by Crippen LogP contribution is -2.03. The molecule has 0 aliphatic heterocycles. The molecule has 0 amide bonds. The summed E-state index contributed by atoms with van der Waals surface area (Å²) in [6.07, 6.45) is 0. The third-order valence-corrected chi connectivity index (χ3v) is 4.55. The Kier molecular flexibility index (Phi) is 4.58. The van der Waals surface area contributed by atoms with Crippen molar-refractivity contribution in [1.29, 1.82) is 0 Å². The first-order valence-corrected chi connectivity index (χ1v) is 8.79. The van der Waals surface area contributed by atoms with Crippen LogP contribution in [0.3, 0.4) is 0 Å². The first kappa shape index (κ1) is 16.9. The fraction of sp³-hybridized carbons (Fsp3) is 0.0417. The fourth-order valence-corrected chi connectivity index (χ4v) is 3.16. The number of methoxy groups -OCH3 is 1. The molecular weight excluding hydrogens is 334 g/mol. The van der Waals surface area contributed by atoms with E-state index in [2.05, 4.69) is 4.98 Å². The number of nitrogens with one attached hydrogen (secondary N) is 1. The van der Waals surface area contributed by atoms with E-state index in [-0.39, 0.29) is 5.78 Å². The van der Waals surface area contributed by atoms with Crippen molar-refractivity contribution in [3.8, 4) is 28.1 Å². The maximum atomic E-state index is 13.2. The lowest BCUT2D eigenvalue weighted by atomic mass is 10.00. The molecule has 0 aliphatic carbocycles. The van der Waals surface area contributed by atoms with E-state index < -0.39 is 0 Å². The second-order valence-electron chi connectivity index (χ2n) is 6.26. The molecule has 0 saturated carbocycles.